The number of carbonyl (C=O) groups is 1. The summed E-state index contributed by atoms with van der Waals surface area (Å²) in [6, 6.07) is 18.1. The third-order valence-corrected chi connectivity index (χ3v) is 7.00. The van der Waals surface area contributed by atoms with Gasteiger partial charge in [-0.05, 0) is 76.9 Å². The van der Waals surface area contributed by atoms with Crippen LogP contribution < -0.4 is 9.47 Å². The van der Waals surface area contributed by atoms with Crippen LogP contribution in [-0.2, 0) is 22.6 Å². The van der Waals surface area contributed by atoms with E-state index in [1.54, 1.807) is 26.4 Å². The van der Waals surface area contributed by atoms with E-state index >= 15 is 0 Å². The molecule has 0 bridgehead atoms. The van der Waals surface area contributed by atoms with Crippen molar-refractivity contribution in [2.24, 2.45) is 5.41 Å². The number of ether oxygens (including phenoxy) is 3. The normalized spacial score (nSPS) is 13.2. The van der Waals surface area contributed by atoms with Crippen LogP contribution in [0.4, 0.5) is 4.39 Å². The fraction of sp³-hybridized carbons (Fsp3) is 0.424. The Kier molecular flexibility index (Phi) is 10.9. The molecule has 0 amide bonds. The molecule has 0 radical (unpaired) electrons. The van der Waals surface area contributed by atoms with Crippen molar-refractivity contribution in [3.05, 3.63) is 83.2 Å². The highest BCUT2D eigenvalue weighted by molar-refractivity contribution is 5.70. The first kappa shape index (κ1) is 30.2. The first-order valence-electron chi connectivity index (χ1n) is 13.6. The van der Waals surface area contributed by atoms with Crippen molar-refractivity contribution in [2.75, 3.05) is 14.2 Å². The molecule has 0 heterocycles. The second-order valence-corrected chi connectivity index (χ2v) is 10.6. The number of methoxy groups -OCH3 is 2. The molecule has 39 heavy (non-hydrogen) atoms. The molecule has 6 heteroatoms. The third-order valence-electron chi connectivity index (χ3n) is 7.00. The Labute approximate surface area is 231 Å². The fourth-order valence-electron chi connectivity index (χ4n) is 4.26. The number of carboxylic acid groups (broad SMARTS) is 1. The van der Waals surface area contributed by atoms with E-state index in [0.29, 0.717) is 30.1 Å². The van der Waals surface area contributed by atoms with Crippen LogP contribution in [0.5, 0.6) is 11.5 Å². The first-order chi connectivity index (χ1) is 18.7. The van der Waals surface area contributed by atoms with Crippen LogP contribution in [0.15, 0.2) is 60.7 Å². The lowest BCUT2D eigenvalue weighted by Crippen LogP contribution is -2.24. The zero-order chi connectivity index (χ0) is 28.4. The number of halogens is 1. The first-order valence-corrected chi connectivity index (χ1v) is 13.6. The third kappa shape index (κ3) is 8.82. The number of hydrogen-bond acceptors (Lipinski definition) is 4. The minimum Gasteiger partial charge on any atom is -0.497 e. The molecule has 1 fully saturated rings. The standard InChI is InChI=1S/C30H35FO5.C3H6/c1-6-30(2,3)29(35-5)26-17-21(10-13-24(26)25-18-22(34-4)12-14-27(25)31)19-36-23-9-7-8-20(16-23)11-15-28(32)33;1-2-3-1/h7-10,12-14,16-18,29H,6,11,15,19H2,1-5H3,(H,32,33);1-3H2. The van der Waals surface area contributed by atoms with Crippen LogP contribution in [0.3, 0.4) is 0 Å². The number of aryl methyl sites for hydroxylation is 1. The molecule has 0 aliphatic heterocycles. The van der Waals surface area contributed by atoms with E-state index in [9.17, 15) is 9.18 Å². The highest BCUT2D eigenvalue weighted by Gasteiger charge is 2.32. The summed E-state index contributed by atoms with van der Waals surface area (Å²) in [6.45, 7) is 6.69. The summed E-state index contributed by atoms with van der Waals surface area (Å²) in [6.07, 6.45) is 5.61. The predicted octanol–water partition coefficient (Wildman–Crippen LogP) is 8.39. The quantitative estimate of drug-likeness (QED) is 0.252. The highest BCUT2D eigenvalue weighted by atomic mass is 19.1. The summed E-state index contributed by atoms with van der Waals surface area (Å²) in [4.78, 5) is 10.9. The fourth-order valence-corrected chi connectivity index (χ4v) is 4.26. The molecule has 5 nitrogen and oxygen atoms in total. The average Bonchev–Trinajstić information content (AvgIpc) is 3.82. The van der Waals surface area contributed by atoms with Crippen LogP contribution >= 0.6 is 0 Å². The molecule has 1 aliphatic rings. The minimum atomic E-state index is -0.830. The van der Waals surface area contributed by atoms with Crippen LogP contribution in [-0.4, -0.2) is 25.3 Å². The van der Waals surface area contributed by atoms with Gasteiger partial charge in [-0.1, -0.05) is 64.3 Å². The van der Waals surface area contributed by atoms with Gasteiger partial charge in [-0.3, -0.25) is 4.79 Å². The zero-order valence-electron chi connectivity index (χ0n) is 23.8. The summed E-state index contributed by atoms with van der Waals surface area (Å²) in [7, 11) is 3.24. The molecule has 1 N–H and O–H groups in total. The number of hydrogen-bond donors (Lipinski definition) is 1. The minimum absolute atomic E-state index is 0.0702. The lowest BCUT2D eigenvalue weighted by Gasteiger charge is -2.34. The molecule has 1 atom stereocenters. The molecule has 0 saturated heterocycles. The van der Waals surface area contributed by atoms with Crippen molar-refractivity contribution in [3.8, 4) is 22.6 Å². The Balaban J connectivity index is 0.00000131. The largest absolute Gasteiger partial charge is 0.497 e. The number of aliphatic carboxylic acids is 1. The van der Waals surface area contributed by atoms with E-state index in [1.165, 1.54) is 25.3 Å². The lowest BCUT2D eigenvalue weighted by molar-refractivity contribution is -0.136. The molecular formula is C33H41FO5. The van der Waals surface area contributed by atoms with Gasteiger partial charge in [-0.15, -0.1) is 0 Å². The molecule has 0 aromatic heterocycles. The monoisotopic (exact) mass is 536 g/mol. The number of carboxylic acids is 1. The van der Waals surface area contributed by atoms with Crippen LogP contribution in [0, 0.1) is 11.2 Å². The van der Waals surface area contributed by atoms with Crippen molar-refractivity contribution in [1.82, 2.24) is 0 Å². The number of benzene rings is 3. The van der Waals surface area contributed by atoms with Crippen LogP contribution in [0.25, 0.3) is 11.1 Å². The van der Waals surface area contributed by atoms with Crippen LogP contribution in [0.2, 0.25) is 0 Å². The Hall–Kier alpha value is -3.38. The molecule has 1 saturated carbocycles. The maximum absolute atomic E-state index is 15.0. The molecule has 1 aliphatic carbocycles. The van der Waals surface area contributed by atoms with Crippen molar-refractivity contribution in [2.45, 2.75) is 72.0 Å². The van der Waals surface area contributed by atoms with E-state index in [4.69, 9.17) is 19.3 Å². The van der Waals surface area contributed by atoms with Gasteiger partial charge in [-0.25, -0.2) is 4.39 Å². The molecule has 0 spiro atoms. The summed E-state index contributed by atoms with van der Waals surface area (Å²) in [5.41, 5.74) is 3.71. The van der Waals surface area contributed by atoms with E-state index in [2.05, 4.69) is 20.8 Å². The topological polar surface area (TPSA) is 65.0 Å². The maximum atomic E-state index is 15.0. The van der Waals surface area contributed by atoms with Crippen molar-refractivity contribution >= 4 is 5.97 Å². The van der Waals surface area contributed by atoms with Crippen LogP contribution in [0.1, 0.15) is 75.7 Å². The average molecular weight is 537 g/mol. The lowest BCUT2D eigenvalue weighted by atomic mass is 9.77. The predicted molar refractivity (Wildman–Crippen MR) is 153 cm³/mol. The van der Waals surface area contributed by atoms with E-state index < -0.39 is 5.97 Å². The summed E-state index contributed by atoms with van der Waals surface area (Å²) >= 11 is 0. The van der Waals surface area contributed by atoms with E-state index in [1.807, 2.05) is 42.5 Å². The summed E-state index contributed by atoms with van der Waals surface area (Å²) < 4.78 is 32.4. The highest BCUT2D eigenvalue weighted by Crippen LogP contribution is 2.44. The molecular weight excluding hydrogens is 495 g/mol. The van der Waals surface area contributed by atoms with Gasteiger partial charge in [-0.2, -0.15) is 0 Å². The van der Waals surface area contributed by atoms with Gasteiger partial charge in [0.25, 0.3) is 0 Å². The molecule has 3 aromatic rings. The van der Waals surface area contributed by atoms with Gasteiger partial charge in [0.15, 0.2) is 0 Å². The zero-order valence-corrected chi connectivity index (χ0v) is 23.8. The Bertz CT molecular complexity index is 1230. The van der Waals surface area contributed by atoms with Gasteiger partial charge in [0.05, 0.1) is 13.2 Å². The smallest absolute Gasteiger partial charge is 0.303 e. The van der Waals surface area contributed by atoms with Gasteiger partial charge in [0.1, 0.15) is 23.9 Å². The molecule has 1 unspecified atom stereocenters. The Morgan fingerprint density at radius 2 is 1.69 bits per heavy atom. The Morgan fingerprint density at radius 1 is 0.949 bits per heavy atom. The van der Waals surface area contributed by atoms with E-state index in [0.717, 1.165) is 28.7 Å². The van der Waals surface area contributed by atoms with Gasteiger partial charge >= 0.3 is 5.97 Å². The van der Waals surface area contributed by atoms with E-state index in [-0.39, 0.29) is 23.8 Å². The molecule has 210 valence electrons. The summed E-state index contributed by atoms with van der Waals surface area (Å²) in [5, 5.41) is 8.94. The van der Waals surface area contributed by atoms with Crippen molar-refractivity contribution in [1.29, 1.82) is 0 Å². The number of rotatable bonds is 12. The molecule has 3 aromatic carbocycles. The second kappa shape index (κ2) is 14.1. The van der Waals surface area contributed by atoms with Gasteiger partial charge < -0.3 is 19.3 Å². The molecule has 4 rings (SSSR count). The maximum Gasteiger partial charge on any atom is 0.303 e. The van der Waals surface area contributed by atoms with Crippen molar-refractivity contribution in [3.63, 3.8) is 0 Å². The Morgan fingerprint density at radius 3 is 2.31 bits per heavy atom. The SMILES string of the molecule is C1CC1.CCC(C)(C)C(OC)c1cc(COc2cccc(CCC(=O)O)c2)ccc1-c1cc(OC)ccc1F. The van der Waals surface area contributed by atoms with Crippen molar-refractivity contribution < 1.29 is 28.5 Å². The second-order valence-electron chi connectivity index (χ2n) is 10.6. The summed E-state index contributed by atoms with van der Waals surface area (Å²) in [5.74, 6) is 0.0864. The van der Waals surface area contributed by atoms with Gasteiger partial charge in [0.2, 0.25) is 0 Å². The van der Waals surface area contributed by atoms with Gasteiger partial charge in [0, 0.05) is 19.1 Å².